The summed E-state index contributed by atoms with van der Waals surface area (Å²) in [7, 11) is 1.43. The molecule has 23 heavy (non-hydrogen) atoms. The molecule has 2 saturated carbocycles. The van der Waals surface area contributed by atoms with Crippen LogP contribution >= 0.6 is 0 Å². The van der Waals surface area contributed by atoms with E-state index in [1.807, 2.05) is 0 Å². The zero-order valence-electron chi connectivity index (χ0n) is 13.6. The Hall–Kier alpha value is -1.62. The summed E-state index contributed by atoms with van der Waals surface area (Å²) in [5.41, 5.74) is 6.78. The van der Waals surface area contributed by atoms with Crippen LogP contribution in [0.3, 0.4) is 0 Å². The normalized spacial score (nSPS) is 29.9. The van der Waals surface area contributed by atoms with E-state index in [1.54, 1.807) is 12.1 Å². The number of halogens is 1. The quantitative estimate of drug-likeness (QED) is 0.895. The number of fused-ring (bicyclic) bond motifs is 2. The number of carbonyl (C=O) groups is 1. The molecule has 126 valence electrons. The number of methoxy groups -OCH3 is 1. The van der Waals surface area contributed by atoms with Crippen LogP contribution in [-0.2, 0) is 11.2 Å². The molecule has 0 spiro atoms. The van der Waals surface area contributed by atoms with Crippen molar-refractivity contribution in [1.82, 2.24) is 5.32 Å². The number of hydrogen-bond acceptors (Lipinski definition) is 3. The molecule has 1 aromatic rings. The summed E-state index contributed by atoms with van der Waals surface area (Å²) in [5, 5.41) is 3.19. The molecule has 0 aliphatic heterocycles. The zero-order valence-corrected chi connectivity index (χ0v) is 13.6. The highest BCUT2D eigenvalue weighted by atomic mass is 19.1. The first-order chi connectivity index (χ1) is 11.1. The van der Waals surface area contributed by atoms with Crippen molar-refractivity contribution >= 4 is 5.91 Å². The Morgan fingerprint density at radius 3 is 2.65 bits per heavy atom. The van der Waals surface area contributed by atoms with Gasteiger partial charge in [-0.2, -0.15) is 0 Å². The topological polar surface area (TPSA) is 64.3 Å². The fourth-order valence-electron chi connectivity index (χ4n) is 4.27. The van der Waals surface area contributed by atoms with Crippen molar-refractivity contribution in [3.05, 3.63) is 29.6 Å². The standard InChI is InChI=1S/C18H25FN2O2/c1-23-16-6-5-11(7-15(16)19)8-17(22)21-18-12-3-2-4-13(18)10-14(20)9-12/h5-7,12-14,18H,2-4,8-10,20H2,1H3,(H,21,22). The predicted molar refractivity (Wildman–Crippen MR) is 86.6 cm³/mol. The molecular weight excluding hydrogens is 295 g/mol. The van der Waals surface area contributed by atoms with Crippen LogP contribution in [0.1, 0.15) is 37.7 Å². The molecule has 0 radical (unpaired) electrons. The number of hydrogen-bond donors (Lipinski definition) is 2. The Kier molecular flexibility index (Phi) is 4.85. The molecule has 0 heterocycles. The van der Waals surface area contributed by atoms with Gasteiger partial charge in [0.15, 0.2) is 11.6 Å². The largest absolute Gasteiger partial charge is 0.494 e. The molecule has 2 atom stereocenters. The number of ether oxygens (including phenoxy) is 1. The van der Waals surface area contributed by atoms with Crippen LogP contribution in [0, 0.1) is 17.7 Å². The SMILES string of the molecule is COc1ccc(CC(=O)NC2C3CCCC2CC(N)C3)cc1F. The van der Waals surface area contributed by atoms with Crippen molar-refractivity contribution in [2.24, 2.45) is 17.6 Å². The number of amides is 1. The first-order valence-electron chi connectivity index (χ1n) is 8.44. The van der Waals surface area contributed by atoms with Crippen molar-refractivity contribution in [3.8, 4) is 5.75 Å². The number of carbonyl (C=O) groups excluding carboxylic acids is 1. The molecule has 3 N–H and O–H groups in total. The van der Waals surface area contributed by atoms with Gasteiger partial charge in [-0.05, 0) is 55.2 Å². The van der Waals surface area contributed by atoms with E-state index in [1.165, 1.54) is 19.6 Å². The minimum atomic E-state index is -0.432. The van der Waals surface area contributed by atoms with Crippen LogP contribution in [0.15, 0.2) is 18.2 Å². The molecular formula is C18H25FN2O2. The first kappa shape index (κ1) is 16.2. The van der Waals surface area contributed by atoms with E-state index in [4.69, 9.17) is 10.5 Å². The van der Waals surface area contributed by atoms with E-state index < -0.39 is 5.82 Å². The lowest BCUT2D eigenvalue weighted by Gasteiger charge is -2.45. The molecule has 2 aliphatic rings. The predicted octanol–water partition coefficient (Wildman–Crippen LogP) is 2.40. The number of rotatable bonds is 4. The maximum absolute atomic E-state index is 13.7. The van der Waals surface area contributed by atoms with E-state index >= 15 is 0 Å². The van der Waals surface area contributed by atoms with Gasteiger partial charge < -0.3 is 15.8 Å². The Bertz CT molecular complexity index is 564. The molecule has 1 aromatic carbocycles. The monoisotopic (exact) mass is 320 g/mol. The number of benzene rings is 1. The molecule has 2 fully saturated rings. The lowest BCUT2D eigenvalue weighted by Crippen LogP contribution is -2.54. The van der Waals surface area contributed by atoms with E-state index in [2.05, 4.69) is 5.32 Å². The van der Waals surface area contributed by atoms with Gasteiger partial charge in [-0.1, -0.05) is 12.5 Å². The minimum absolute atomic E-state index is 0.0352. The van der Waals surface area contributed by atoms with Crippen molar-refractivity contribution < 1.29 is 13.9 Å². The molecule has 2 bridgehead atoms. The average molecular weight is 320 g/mol. The molecule has 0 saturated heterocycles. The number of nitrogens with one attached hydrogen (secondary N) is 1. The number of nitrogens with two attached hydrogens (primary N) is 1. The first-order valence-corrected chi connectivity index (χ1v) is 8.44. The Morgan fingerprint density at radius 1 is 1.35 bits per heavy atom. The third kappa shape index (κ3) is 3.66. The molecule has 3 rings (SSSR count). The smallest absolute Gasteiger partial charge is 0.224 e. The fraction of sp³-hybridized carbons (Fsp3) is 0.611. The lowest BCUT2D eigenvalue weighted by molar-refractivity contribution is -0.122. The van der Waals surface area contributed by atoms with E-state index in [9.17, 15) is 9.18 Å². The van der Waals surface area contributed by atoms with Crippen molar-refractivity contribution in [2.75, 3.05) is 7.11 Å². The van der Waals surface area contributed by atoms with Gasteiger partial charge in [0.05, 0.1) is 13.5 Å². The van der Waals surface area contributed by atoms with Gasteiger partial charge in [0.1, 0.15) is 0 Å². The summed E-state index contributed by atoms with van der Waals surface area (Å²) >= 11 is 0. The highest BCUT2D eigenvalue weighted by Gasteiger charge is 2.39. The summed E-state index contributed by atoms with van der Waals surface area (Å²) in [6, 6.07) is 5.18. The van der Waals surface area contributed by atoms with Crippen molar-refractivity contribution in [3.63, 3.8) is 0 Å². The minimum Gasteiger partial charge on any atom is -0.494 e. The zero-order chi connectivity index (χ0) is 16.4. The molecule has 4 nitrogen and oxygen atoms in total. The van der Waals surface area contributed by atoms with Gasteiger partial charge in [0.25, 0.3) is 0 Å². The molecule has 2 unspecified atom stereocenters. The third-order valence-electron chi connectivity index (χ3n) is 5.29. The van der Waals surface area contributed by atoms with Crippen LogP contribution in [0.25, 0.3) is 0 Å². The van der Waals surface area contributed by atoms with E-state index in [0.717, 1.165) is 25.7 Å². The highest BCUT2D eigenvalue weighted by molar-refractivity contribution is 5.79. The summed E-state index contributed by atoms with van der Waals surface area (Å²) < 4.78 is 18.6. The van der Waals surface area contributed by atoms with Crippen molar-refractivity contribution in [2.45, 2.75) is 50.6 Å². The second-order valence-corrected chi connectivity index (χ2v) is 6.92. The second-order valence-electron chi connectivity index (χ2n) is 6.92. The summed E-state index contributed by atoms with van der Waals surface area (Å²) in [6.07, 6.45) is 5.72. The summed E-state index contributed by atoms with van der Waals surface area (Å²) in [5.74, 6) is 0.721. The van der Waals surface area contributed by atoms with Gasteiger partial charge in [0, 0.05) is 12.1 Å². The highest BCUT2D eigenvalue weighted by Crippen LogP contribution is 2.39. The average Bonchev–Trinajstić information content (AvgIpc) is 2.48. The summed E-state index contributed by atoms with van der Waals surface area (Å²) in [4.78, 5) is 12.4. The van der Waals surface area contributed by atoms with Gasteiger partial charge in [-0.3, -0.25) is 4.79 Å². The van der Waals surface area contributed by atoms with Crippen molar-refractivity contribution in [1.29, 1.82) is 0 Å². The van der Waals surface area contributed by atoms with Crippen LogP contribution in [0.2, 0.25) is 0 Å². The van der Waals surface area contributed by atoms with Gasteiger partial charge in [-0.25, -0.2) is 4.39 Å². The molecule has 2 aliphatic carbocycles. The third-order valence-corrected chi connectivity index (χ3v) is 5.29. The van der Waals surface area contributed by atoms with Crippen LogP contribution < -0.4 is 15.8 Å². The van der Waals surface area contributed by atoms with Crippen LogP contribution in [-0.4, -0.2) is 25.1 Å². The van der Waals surface area contributed by atoms with E-state index in [-0.39, 0.29) is 30.2 Å². The van der Waals surface area contributed by atoms with Gasteiger partial charge in [0.2, 0.25) is 5.91 Å². The molecule has 5 heteroatoms. The van der Waals surface area contributed by atoms with Crippen LogP contribution in [0.4, 0.5) is 4.39 Å². The van der Waals surface area contributed by atoms with Gasteiger partial charge >= 0.3 is 0 Å². The second kappa shape index (κ2) is 6.87. The molecule has 0 aromatic heterocycles. The maximum atomic E-state index is 13.7. The van der Waals surface area contributed by atoms with Gasteiger partial charge in [-0.15, -0.1) is 0 Å². The lowest BCUT2D eigenvalue weighted by atomic mass is 9.67. The Balaban J connectivity index is 1.62. The Morgan fingerprint density at radius 2 is 2.04 bits per heavy atom. The molecule has 1 amide bonds. The van der Waals surface area contributed by atoms with Crippen LogP contribution in [0.5, 0.6) is 5.75 Å². The fourth-order valence-corrected chi connectivity index (χ4v) is 4.27. The van der Waals surface area contributed by atoms with E-state index in [0.29, 0.717) is 17.4 Å². The Labute approximate surface area is 136 Å². The maximum Gasteiger partial charge on any atom is 0.224 e. The summed E-state index contributed by atoms with van der Waals surface area (Å²) in [6.45, 7) is 0.